The van der Waals surface area contributed by atoms with E-state index in [1.54, 1.807) is 6.92 Å². The second-order valence-corrected chi connectivity index (χ2v) is 4.96. The van der Waals surface area contributed by atoms with Crippen LogP contribution in [0.25, 0.3) is 0 Å². The van der Waals surface area contributed by atoms with E-state index in [1.807, 2.05) is 0 Å². The van der Waals surface area contributed by atoms with Crippen LogP contribution in [0.4, 0.5) is 11.4 Å². The van der Waals surface area contributed by atoms with Crippen molar-refractivity contribution in [3.63, 3.8) is 0 Å². The highest BCUT2D eigenvalue weighted by atomic mass is 35.5. The van der Waals surface area contributed by atoms with Crippen LogP contribution in [0.5, 0.6) is 0 Å². The molecule has 0 spiro atoms. The number of nitrogens with one attached hydrogen (secondary N) is 2. The molecule has 2 amide bonds. The summed E-state index contributed by atoms with van der Waals surface area (Å²) in [5.74, 6) is -1.46. The van der Waals surface area contributed by atoms with Gasteiger partial charge in [0.1, 0.15) is 6.04 Å². The summed E-state index contributed by atoms with van der Waals surface area (Å²) >= 11 is 6.00. The highest BCUT2D eigenvalue weighted by Gasteiger charge is 2.18. The Bertz CT molecular complexity index is 575. The third-order valence-corrected chi connectivity index (χ3v) is 2.94. The van der Waals surface area contributed by atoms with Crippen molar-refractivity contribution in [3.05, 3.63) is 23.2 Å². The Morgan fingerprint density at radius 2 is 1.76 bits per heavy atom. The molecule has 0 fully saturated rings. The Balaban J connectivity index is 2.81. The van der Waals surface area contributed by atoms with Gasteiger partial charge in [0.15, 0.2) is 5.78 Å². The fraction of sp³-hybridized carbons (Fsp3) is 0.308. The summed E-state index contributed by atoms with van der Waals surface area (Å²) in [4.78, 5) is 34.1. The number of hydrogen-bond acceptors (Lipinski definition) is 5. The molecule has 0 aliphatic rings. The molecule has 6 N–H and O–H groups in total. The summed E-state index contributed by atoms with van der Waals surface area (Å²) in [6.07, 6.45) is 0. The molecule has 0 aromatic heterocycles. The molecule has 1 aromatic rings. The second-order valence-electron chi connectivity index (χ2n) is 4.55. The summed E-state index contributed by atoms with van der Waals surface area (Å²) in [5.41, 5.74) is 11.6. The van der Waals surface area contributed by atoms with E-state index in [0.29, 0.717) is 11.4 Å². The first-order valence-corrected chi connectivity index (χ1v) is 6.53. The van der Waals surface area contributed by atoms with E-state index in [-0.39, 0.29) is 10.9 Å². The Morgan fingerprint density at radius 3 is 2.24 bits per heavy atom. The number of halogens is 1. The number of ketones is 1. The number of Topliss-reactive ketones (excluding diaryl/α,β-unsaturated/α-hetero) is 1. The Kier molecular flexibility index (Phi) is 5.83. The van der Waals surface area contributed by atoms with Crippen molar-refractivity contribution >= 4 is 40.6 Å². The smallest absolute Gasteiger partial charge is 0.248 e. The van der Waals surface area contributed by atoms with Crippen molar-refractivity contribution in [1.29, 1.82) is 0 Å². The Morgan fingerprint density at radius 1 is 1.14 bits per heavy atom. The van der Waals surface area contributed by atoms with Crippen molar-refractivity contribution in [2.45, 2.75) is 25.9 Å². The molecule has 114 valence electrons. The van der Waals surface area contributed by atoms with Gasteiger partial charge in [0.25, 0.3) is 0 Å². The quantitative estimate of drug-likeness (QED) is 0.588. The molecule has 2 unspecified atom stereocenters. The average molecular weight is 313 g/mol. The normalized spacial score (nSPS) is 13.2. The van der Waals surface area contributed by atoms with Gasteiger partial charge in [-0.25, -0.2) is 0 Å². The number of benzene rings is 1. The Hall–Kier alpha value is -1.96. The third kappa shape index (κ3) is 4.82. The van der Waals surface area contributed by atoms with Crippen LogP contribution >= 0.6 is 11.6 Å². The zero-order chi connectivity index (χ0) is 16.2. The lowest BCUT2D eigenvalue weighted by atomic mass is 10.2. The van der Waals surface area contributed by atoms with Crippen LogP contribution in [0, 0.1) is 0 Å². The SMILES string of the molecule is CC(=O)C(N)C(=O)Nc1ccc(NC(=O)C(C)N)c(Cl)c1. The molecular weight excluding hydrogens is 296 g/mol. The molecule has 21 heavy (non-hydrogen) atoms. The minimum atomic E-state index is -1.23. The number of nitrogens with two attached hydrogens (primary N) is 2. The van der Waals surface area contributed by atoms with Gasteiger partial charge in [-0.3, -0.25) is 14.4 Å². The van der Waals surface area contributed by atoms with Gasteiger partial charge in [0.05, 0.1) is 16.8 Å². The first kappa shape index (κ1) is 17.1. The molecular formula is C13H17ClN4O3. The maximum Gasteiger partial charge on any atom is 0.248 e. The van der Waals surface area contributed by atoms with Crippen LogP contribution in [0.15, 0.2) is 18.2 Å². The van der Waals surface area contributed by atoms with Gasteiger partial charge in [-0.15, -0.1) is 0 Å². The molecule has 1 aromatic carbocycles. The summed E-state index contributed by atoms with van der Waals surface area (Å²) in [5, 5.41) is 5.22. The van der Waals surface area contributed by atoms with E-state index in [9.17, 15) is 14.4 Å². The highest BCUT2D eigenvalue weighted by molar-refractivity contribution is 6.34. The molecule has 1 rings (SSSR count). The standard InChI is InChI=1S/C13H17ClN4O3/c1-6(15)12(20)18-10-4-3-8(5-9(10)14)17-13(21)11(16)7(2)19/h3-6,11H,15-16H2,1-2H3,(H,17,21)(H,18,20). The molecule has 7 nitrogen and oxygen atoms in total. The lowest BCUT2D eigenvalue weighted by Crippen LogP contribution is -2.41. The van der Waals surface area contributed by atoms with Gasteiger partial charge in [0, 0.05) is 5.69 Å². The maximum atomic E-state index is 11.6. The predicted molar refractivity (Wildman–Crippen MR) is 81.0 cm³/mol. The Labute approximate surface area is 127 Å². The second kappa shape index (κ2) is 7.16. The van der Waals surface area contributed by atoms with Crippen molar-refractivity contribution in [3.8, 4) is 0 Å². The van der Waals surface area contributed by atoms with Crippen molar-refractivity contribution < 1.29 is 14.4 Å². The molecule has 0 saturated carbocycles. The lowest BCUT2D eigenvalue weighted by Gasteiger charge is -2.12. The fourth-order valence-corrected chi connectivity index (χ4v) is 1.57. The predicted octanol–water partition coefficient (Wildman–Crippen LogP) is 0.480. The summed E-state index contributed by atoms with van der Waals surface area (Å²) in [6, 6.07) is 2.56. The molecule has 0 bridgehead atoms. The van der Waals surface area contributed by atoms with E-state index in [2.05, 4.69) is 10.6 Å². The van der Waals surface area contributed by atoms with Gasteiger partial charge in [-0.05, 0) is 32.0 Å². The van der Waals surface area contributed by atoms with Crippen molar-refractivity contribution in [2.75, 3.05) is 10.6 Å². The first-order chi connectivity index (χ1) is 9.72. The number of hydrogen-bond donors (Lipinski definition) is 4. The maximum absolute atomic E-state index is 11.6. The molecule has 2 atom stereocenters. The van der Waals surface area contributed by atoms with Crippen LogP contribution in [0.1, 0.15) is 13.8 Å². The summed E-state index contributed by atoms with van der Waals surface area (Å²) in [7, 11) is 0. The van der Waals surface area contributed by atoms with Crippen LogP contribution in [0.2, 0.25) is 5.02 Å². The zero-order valence-electron chi connectivity index (χ0n) is 11.6. The monoisotopic (exact) mass is 312 g/mol. The topological polar surface area (TPSA) is 127 Å². The molecule has 0 radical (unpaired) electrons. The van der Waals surface area contributed by atoms with E-state index in [0.717, 1.165) is 0 Å². The van der Waals surface area contributed by atoms with Crippen molar-refractivity contribution in [1.82, 2.24) is 0 Å². The van der Waals surface area contributed by atoms with E-state index >= 15 is 0 Å². The first-order valence-electron chi connectivity index (χ1n) is 6.15. The third-order valence-electron chi connectivity index (χ3n) is 2.63. The van der Waals surface area contributed by atoms with E-state index in [1.165, 1.54) is 25.1 Å². The number of carbonyl (C=O) groups excluding carboxylic acids is 3. The summed E-state index contributed by atoms with van der Waals surface area (Å²) in [6.45, 7) is 2.77. The lowest BCUT2D eigenvalue weighted by molar-refractivity contribution is -0.126. The van der Waals surface area contributed by atoms with Crippen LogP contribution in [0.3, 0.4) is 0 Å². The van der Waals surface area contributed by atoms with Crippen LogP contribution < -0.4 is 22.1 Å². The summed E-state index contributed by atoms with van der Waals surface area (Å²) < 4.78 is 0. The number of amides is 2. The number of rotatable bonds is 5. The molecule has 0 saturated heterocycles. The molecule has 8 heteroatoms. The molecule has 0 aliphatic carbocycles. The van der Waals surface area contributed by atoms with Gasteiger partial charge < -0.3 is 22.1 Å². The zero-order valence-corrected chi connectivity index (χ0v) is 12.4. The van der Waals surface area contributed by atoms with Gasteiger partial charge in [0.2, 0.25) is 11.8 Å². The largest absolute Gasteiger partial charge is 0.324 e. The number of anilines is 2. The molecule has 0 heterocycles. The highest BCUT2D eigenvalue weighted by Crippen LogP contribution is 2.25. The van der Waals surface area contributed by atoms with E-state index < -0.39 is 23.8 Å². The van der Waals surface area contributed by atoms with Crippen LogP contribution in [-0.4, -0.2) is 29.7 Å². The number of carbonyl (C=O) groups is 3. The van der Waals surface area contributed by atoms with Gasteiger partial charge in [-0.2, -0.15) is 0 Å². The van der Waals surface area contributed by atoms with Crippen molar-refractivity contribution in [2.24, 2.45) is 11.5 Å². The van der Waals surface area contributed by atoms with Gasteiger partial charge in [-0.1, -0.05) is 11.6 Å². The van der Waals surface area contributed by atoms with Crippen LogP contribution in [-0.2, 0) is 14.4 Å². The minimum absolute atomic E-state index is 0.221. The average Bonchev–Trinajstić information content (AvgIpc) is 2.40. The minimum Gasteiger partial charge on any atom is -0.324 e. The molecule has 0 aliphatic heterocycles. The van der Waals surface area contributed by atoms with E-state index in [4.69, 9.17) is 23.1 Å². The van der Waals surface area contributed by atoms with Gasteiger partial charge >= 0.3 is 0 Å². The fourth-order valence-electron chi connectivity index (χ4n) is 1.35.